The molecule has 5 heteroatoms. The van der Waals surface area contributed by atoms with Crippen molar-refractivity contribution in [1.82, 2.24) is 9.97 Å². The van der Waals surface area contributed by atoms with Crippen molar-refractivity contribution in [2.24, 2.45) is 0 Å². The van der Waals surface area contributed by atoms with Gasteiger partial charge in [-0.2, -0.15) is 0 Å². The summed E-state index contributed by atoms with van der Waals surface area (Å²) in [4.78, 5) is 9.07. The lowest BCUT2D eigenvalue weighted by molar-refractivity contribution is 0.485. The summed E-state index contributed by atoms with van der Waals surface area (Å²) in [6, 6.07) is 20.1. The van der Waals surface area contributed by atoms with Crippen LogP contribution in [0.25, 0.3) is 0 Å². The van der Waals surface area contributed by atoms with E-state index >= 15 is 0 Å². The van der Waals surface area contributed by atoms with E-state index in [4.69, 9.17) is 4.74 Å². The van der Waals surface area contributed by atoms with Crippen LogP contribution >= 0.6 is 0 Å². The molecule has 0 bridgehead atoms. The second kappa shape index (κ2) is 8.08. The highest BCUT2D eigenvalue weighted by atomic mass is 16.5. The topological polar surface area (TPSA) is 59.1 Å². The molecular weight excluding hydrogens is 336 g/mol. The predicted octanol–water partition coefficient (Wildman–Crippen LogP) is 5.68. The Balaban J connectivity index is 1.54. The molecule has 0 spiro atoms. The molecule has 138 valence electrons. The van der Waals surface area contributed by atoms with Crippen molar-refractivity contribution in [3.05, 3.63) is 66.5 Å². The molecule has 0 unspecified atom stereocenters. The molecule has 4 rings (SSSR count). The number of rotatable bonds is 6. The molecule has 1 saturated carbocycles. The molecule has 3 aromatic rings. The van der Waals surface area contributed by atoms with Gasteiger partial charge < -0.3 is 15.4 Å². The van der Waals surface area contributed by atoms with Gasteiger partial charge in [0.05, 0.1) is 5.69 Å². The number of para-hydroxylation sites is 3. The van der Waals surface area contributed by atoms with Crippen molar-refractivity contribution in [2.75, 3.05) is 10.6 Å². The number of aromatic nitrogens is 2. The molecule has 2 aromatic carbocycles. The third kappa shape index (κ3) is 4.56. The fraction of sp³-hybridized carbons (Fsp3) is 0.273. The maximum atomic E-state index is 6.03. The number of anilines is 3. The zero-order chi connectivity index (χ0) is 18.5. The molecule has 0 amide bonds. The molecule has 2 N–H and O–H groups in total. The van der Waals surface area contributed by atoms with Crippen molar-refractivity contribution < 1.29 is 4.74 Å². The normalized spacial score (nSPS) is 14.1. The van der Waals surface area contributed by atoms with E-state index in [-0.39, 0.29) is 0 Å². The maximum Gasteiger partial charge on any atom is 0.150 e. The van der Waals surface area contributed by atoms with E-state index in [1.807, 2.05) is 67.6 Å². The van der Waals surface area contributed by atoms with E-state index in [1.54, 1.807) is 0 Å². The van der Waals surface area contributed by atoms with Gasteiger partial charge in [-0.1, -0.05) is 43.2 Å². The van der Waals surface area contributed by atoms with E-state index in [0.29, 0.717) is 6.04 Å². The van der Waals surface area contributed by atoms with Crippen LogP contribution in [-0.4, -0.2) is 16.0 Å². The van der Waals surface area contributed by atoms with E-state index in [2.05, 4.69) is 20.6 Å². The molecule has 5 nitrogen and oxygen atoms in total. The Labute approximate surface area is 159 Å². The number of hydrogen-bond donors (Lipinski definition) is 2. The van der Waals surface area contributed by atoms with Gasteiger partial charge in [0.2, 0.25) is 0 Å². The third-order valence-electron chi connectivity index (χ3n) is 4.67. The first-order chi connectivity index (χ1) is 13.3. The molecular formula is C22H24N4O. The molecule has 27 heavy (non-hydrogen) atoms. The number of hydrogen-bond acceptors (Lipinski definition) is 5. The first kappa shape index (κ1) is 17.3. The van der Waals surface area contributed by atoms with Gasteiger partial charge in [0.25, 0.3) is 0 Å². The molecule has 0 aliphatic heterocycles. The fourth-order valence-electron chi connectivity index (χ4n) is 3.40. The highest BCUT2D eigenvalue weighted by Gasteiger charge is 2.16. The standard InChI is InChI=1S/C22H24N4O/c1-16-23-21(25-17-9-5-6-10-17)15-22(24-16)26-19-13-7-8-14-20(19)27-18-11-3-2-4-12-18/h2-4,7-8,11-15,17H,5-6,9-10H2,1H3,(H2,23,24,25,26). The van der Waals surface area contributed by atoms with Crippen LogP contribution in [0.3, 0.4) is 0 Å². The Bertz CT molecular complexity index is 892. The molecule has 0 saturated heterocycles. The largest absolute Gasteiger partial charge is 0.455 e. The predicted molar refractivity (Wildman–Crippen MR) is 109 cm³/mol. The van der Waals surface area contributed by atoms with Crippen LogP contribution < -0.4 is 15.4 Å². The number of nitrogens with one attached hydrogen (secondary N) is 2. The lowest BCUT2D eigenvalue weighted by Crippen LogP contribution is -2.16. The Kier molecular flexibility index (Phi) is 5.19. The second-order valence-corrected chi connectivity index (χ2v) is 6.85. The van der Waals surface area contributed by atoms with Crippen molar-refractivity contribution in [1.29, 1.82) is 0 Å². The second-order valence-electron chi connectivity index (χ2n) is 6.85. The van der Waals surface area contributed by atoms with E-state index in [0.717, 1.165) is 34.6 Å². The van der Waals surface area contributed by atoms with Crippen molar-refractivity contribution in [2.45, 2.75) is 38.6 Å². The van der Waals surface area contributed by atoms with Gasteiger partial charge in [-0.25, -0.2) is 9.97 Å². The number of nitrogens with zero attached hydrogens (tertiary/aromatic N) is 2. The van der Waals surface area contributed by atoms with E-state index < -0.39 is 0 Å². The summed E-state index contributed by atoms with van der Waals surface area (Å²) in [5.74, 6) is 3.92. The Hall–Kier alpha value is -3.08. The quantitative estimate of drug-likeness (QED) is 0.592. The average molecular weight is 360 g/mol. The zero-order valence-corrected chi connectivity index (χ0v) is 15.5. The minimum atomic E-state index is 0.515. The van der Waals surface area contributed by atoms with Crippen molar-refractivity contribution >= 4 is 17.3 Å². The Morgan fingerprint density at radius 2 is 1.59 bits per heavy atom. The Morgan fingerprint density at radius 3 is 2.41 bits per heavy atom. The first-order valence-electron chi connectivity index (χ1n) is 9.47. The van der Waals surface area contributed by atoms with Gasteiger partial charge in [0.1, 0.15) is 23.2 Å². The smallest absolute Gasteiger partial charge is 0.150 e. The molecule has 1 aliphatic rings. The summed E-state index contributed by atoms with van der Waals surface area (Å²) >= 11 is 0. The van der Waals surface area contributed by atoms with Gasteiger partial charge in [-0.3, -0.25) is 0 Å². The highest BCUT2D eigenvalue weighted by molar-refractivity contribution is 5.66. The third-order valence-corrected chi connectivity index (χ3v) is 4.67. The summed E-state index contributed by atoms with van der Waals surface area (Å²) in [7, 11) is 0. The number of aryl methyl sites for hydroxylation is 1. The van der Waals surface area contributed by atoms with Crippen LogP contribution in [0.4, 0.5) is 17.3 Å². The molecule has 1 heterocycles. The SMILES string of the molecule is Cc1nc(Nc2ccccc2Oc2ccccc2)cc(NC2CCCC2)n1. The van der Waals surface area contributed by atoms with Gasteiger partial charge >= 0.3 is 0 Å². The lowest BCUT2D eigenvalue weighted by atomic mass is 10.2. The summed E-state index contributed by atoms with van der Waals surface area (Å²) in [6.07, 6.45) is 4.99. The summed E-state index contributed by atoms with van der Waals surface area (Å²) in [5.41, 5.74) is 0.867. The zero-order valence-electron chi connectivity index (χ0n) is 15.5. The van der Waals surface area contributed by atoms with Crippen molar-refractivity contribution in [3.63, 3.8) is 0 Å². The van der Waals surface area contributed by atoms with Crippen LogP contribution in [-0.2, 0) is 0 Å². The van der Waals surface area contributed by atoms with Crippen LogP contribution in [0.5, 0.6) is 11.5 Å². The van der Waals surface area contributed by atoms with Crippen LogP contribution in [0.2, 0.25) is 0 Å². The van der Waals surface area contributed by atoms with Gasteiger partial charge in [0, 0.05) is 12.1 Å². The lowest BCUT2D eigenvalue weighted by Gasteiger charge is -2.16. The monoisotopic (exact) mass is 360 g/mol. The first-order valence-corrected chi connectivity index (χ1v) is 9.47. The van der Waals surface area contributed by atoms with Crippen LogP contribution in [0.1, 0.15) is 31.5 Å². The average Bonchev–Trinajstić information content (AvgIpc) is 3.17. The highest BCUT2D eigenvalue weighted by Crippen LogP contribution is 2.31. The van der Waals surface area contributed by atoms with E-state index in [1.165, 1.54) is 25.7 Å². The number of benzene rings is 2. The molecule has 1 aliphatic carbocycles. The van der Waals surface area contributed by atoms with Crippen LogP contribution in [0.15, 0.2) is 60.7 Å². The van der Waals surface area contributed by atoms with Crippen molar-refractivity contribution in [3.8, 4) is 11.5 Å². The molecule has 1 aromatic heterocycles. The van der Waals surface area contributed by atoms with Gasteiger partial charge in [-0.05, 0) is 44.0 Å². The maximum absolute atomic E-state index is 6.03. The minimum Gasteiger partial charge on any atom is -0.455 e. The fourth-order valence-corrected chi connectivity index (χ4v) is 3.40. The molecule has 1 fully saturated rings. The summed E-state index contributed by atoms with van der Waals surface area (Å²) < 4.78 is 6.03. The minimum absolute atomic E-state index is 0.515. The number of ether oxygens (including phenoxy) is 1. The van der Waals surface area contributed by atoms with Gasteiger partial charge in [-0.15, -0.1) is 0 Å². The van der Waals surface area contributed by atoms with Crippen LogP contribution in [0, 0.1) is 6.92 Å². The molecule has 0 radical (unpaired) electrons. The molecule has 0 atom stereocenters. The van der Waals surface area contributed by atoms with E-state index in [9.17, 15) is 0 Å². The van der Waals surface area contributed by atoms with Gasteiger partial charge in [0.15, 0.2) is 5.75 Å². The Morgan fingerprint density at radius 1 is 0.889 bits per heavy atom. The summed E-state index contributed by atoms with van der Waals surface area (Å²) in [6.45, 7) is 1.91. The summed E-state index contributed by atoms with van der Waals surface area (Å²) in [5, 5.41) is 6.92.